The van der Waals surface area contributed by atoms with Crippen LogP contribution in [0.5, 0.6) is 0 Å². The Balaban J connectivity index is 2.15. The largest absolute Gasteiger partial charge is 0.469 e. The van der Waals surface area contributed by atoms with Crippen molar-refractivity contribution in [2.45, 2.75) is 18.2 Å². The number of fused-ring (bicyclic) bond motifs is 1. The zero-order chi connectivity index (χ0) is 18.8. The molecule has 0 saturated carbocycles. The van der Waals surface area contributed by atoms with E-state index in [0.29, 0.717) is 22.3 Å². The fourth-order valence-corrected chi connectivity index (χ4v) is 3.54. The van der Waals surface area contributed by atoms with Crippen molar-refractivity contribution in [2.75, 3.05) is 13.4 Å². The number of carbonyl (C=O) groups excluding carboxylic acids is 1. The minimum atomic E-state index is -0.665. The maximum absolute atomic E-state index is 14.6. The minimum absolute atomic E-state index is 0.0268. The normalized spacial score (nSPS) is 14.7. The van der Waals surface area contributed by atoms with E-state index in [2.05, 4.69) is 0 Å². The van der Waals surface area contributed by atoms with E-state index in [0.717, 1.165) is 22.1 Å². The number of carbonyl (C=O) groups is 1. The van der Waals surface area contributed by atoms with Crippen LogP contribution in [-0.2, 0) is 9.53 Å². The van der Waals surface area contributed by atoms with Crippen molar-refractivity contribution in [3.63, 3.8) is 0 Å². The van der Waals surface area contributed by atoms with E-state index in [9.17, 15) is 13.6 Å². The van der Waals surface area contributed by atoms with Crippen LogP contribution in [-0.4, -0.2) is 19.3 Å². The van der Waals surface area contributed by atoms with Gasteiger partial charge in [-0.2, -0.15) is 0 Å². The molecular formula is C21H18F2O2S. The van der Waals surface area contributed by atoms with E-state index >= 15 is 0 Å². The lowest BCUT2D eigenvalue weighted by molar-refractivity contribution is -0.139. The van der Waals surface area contributed by atoms with Crippen LogP contribution < -0.4 is 0 Å². The first-order chi connectivity index (χ1) is 12.4. The van der Waals surface area contributed by atoms with Crippen LogP contribution in [0.15, 0.2) is 46.9 Å². The lowest BCUT2D eigenvalue weighted by Crippen LogP contribution is -2.02. The number of allylic oxidation sites excluding steroid dienone is 2. The van der Waals surface area contributed by atoms with Crippen molar-refractivity contribution >= 4 is 35.0 Å². The van der Waals surface area contributed by atoms with E-state index in [1.165, 1.54) is 13.2 Å². The van der Waals surface area contributed by atoms with Crippen molar-refractivity contribution in [3.8, 4) is 0 Å². The second kappa shape index (κ2) is 7.46. The predicted molar refractivity (Wildman–Crippen MR) is 102 cm³/mol. The molecule has 0 heterocycles. The van der Waals surface area contributed by atoms with E-state index in [-0.39, 0.29) is 6.42 Å². The fourth-order valence-electron chi connectivity index (χ4n) is 3.13. The van der Waals surface area contributed by atoms with Gasteiger partial charge in [-0.15, -0.1) is 11.8 Å². The molecule has 0 bridgehead atoms. The van der Waals surface area contributed by atoms with Gasteiger partial charge in [-0.05, 0) is 65.3 Å². The number of thioether (sulfide) groups is 1. The highest BCUT2D eigenvalue weighted by molar-refractivity contribution is 7.98. The SMILES string of the molecule is COC(=O)CC1=C(C)/C(=C\c2ccc(SC)cc2)c2c(F)cc(F)cc21. The lowest BCUT2D eigenvalue weighted by atomic mass is 10.00. The molecule has 0 fully saturated rings. The maximum atomic E-state index is 14.6. The van der Waals surface area contributed by atoms with Crippen LogP contribution in [0.1, 0.15) is 30.0 Å². The number of halogens is 2. The van der Waals surface area contributed by atoms with Gasteiger partial charge in [0.15, 0.2) is 0 Å². The molecule has 2 nitrogen and oxygen atoms in total. The standard InChI is InChI=1S/C21H18F2O2S/c1-12-16(11-20(24)25-2)18-9-14(22)10-19(23)21(18)17(12)8-13-4-6-15(26-3)7-5-13/h4-10H,11H2,1-3H3/b17-8+. The summed E-state index contributed by atoms with van der Waals surface area (Å²) >= 11 is 1.64. The van der Waals surface area contributed by atoms with Gasteiger partial charge < -0.3 is 4.74 Å². The average molecular weight is 372 g/mol. The summed E-state index contributed by atoms with van der Waals surface area (Å²) in [5.74, 6) is -1.74. The Hall–Kier alpha value is -2.40. The number of hydrogen-bond acceptors (Lipinski definition) is 3. The zero-order valence-electron chi connectivity index (χ0n) is 14.7. The molecule has 3 rings (SSSR count). The zero-order valence-corrected chi connectivity index (χ0v) is 15.5. The monoisotopic (exact) mass is 372 g/mol. The number of hydrogen-bond donors (Lipinski definition) is 0. The summed E-state index contributed by atoms with van der Waals surface area (Å²) in [6.45, 7) is 1.82. The first kappa shape index (κ1) is 18.4. The molecular weight excluding hydrogens is 354 g/mol. The van der Waals surface area contributed by atoms with Gasteiger partial charge >= 0.3 is 5.97 Å². The number of benzene rings is 2. The van der Waals surface area contributed by atoms with Gasteiger partial charge in [0.1, 0.15) is 11.6 Å². The van der Waals surface area contributed by atoms with Crippen molar-refractivity contribution in [3.05, 3.63) is 70.3 Å². The quantitative estimate of drug-likeness (QED) is 0.518. The van der Waals surface area contributed by atoms with Crippen LogP contribution in [0.4, 0.5) is 8.78 Å². The van der Waals surface area contributed by atoms with E-state index in [1.54, 1.807) is 11.8 Å². The Labute approximate surface area is 155 Å². The number of esters is 1. The van der Waals surface area contributed by atoms with Gasteiger partial charge in [0.05, 0.1) is 13.5 Å². The summed E-state index contributed by atoms with van der Waals surface area (Å²) in [5, 5.41) is 0. The molecule has 0 aliphatic heterocycles. The van der Waals surface area contributed by atoms with E-state index < -0.39 is 17.6 Å². The Bertz CT molecular complexity index is 928. The Kier molecular flexibility index (Phi) is 5.28. The highest BCUT2D eigenvalue weighted by Crippen LogP contribution is 2.45. The van der Waals surface area contributed by atoms with Crippen LogP contribution in [0.2, 0.25) is 0 Å². The molecule has 2 aromatic carbocycles. The molecule has 2 aromatic rings. The minimum Gasteiger partial charge on any atom is -0.469 e. The van der Waals surface area contributed by atoms with Gasteiger partial charge in [-0.3, -0.25) is 4.79 Å². The fraction of sp³-hybridized carbons (Fsp3) is 0.190. The molecule has 1 aliphatic rings. The predicted octanol–water partition coefficient (Wildman–Crippen LogP) is 5.58. The van der Waals surface area contributed by atoms with Crippen LogP contribution >= 0.6 is 11.8 Å². The van der Waals surface area contributed by atoms with Gasteiger partial charge in [0, 0.05) is 16.5 Å². The number of methoxy groups -OCH3 is 1. The molecule has 0 saturated heterocycles. The highest BCUT2D eigenvalue weighted by Gasteiger charge is 2.29. The van der Waals surface area contributed by atoms with Gasteiger partial charge in [0.2, 0.25) is 0 Å². The summed E-state index contributed by atoms with van der Waals surface area (Å²) in [7, 11) is 1.30. The molecule has 0 aromatic heterocycles. The highest BCUT2D eigenvalue weighted by atomic mass is 32.2. The molecule has 0 amide bonds. The molecule has 0 N–H and O–H groups in total. The molecule has 134 valence electrons. The summed E-state index contributed by atoms with van der Waals surface area (Å²) < 4.78 is 33.1. The van der Waals surface area contributed by atoms with E-state index in [1.807, 2.05) is 43.5 Å². The van der Waals surface area contributed by atoms with Gasteiger partial charge in [-0.25, -0.2) is 8.78 Å². The molecule has 5 heteroatoms. The average Bonchev–Trinajstić information content (AvgIpc) is 2.88. The summed E-state index contributed by atoms with van der Waals surface area (Å²) in [4.78, 5) is 12.9. The topological polar surface area (TPSA) is 26.3 Å². The van der Waals surface area contributed by atoms with Crippen molar-refractivity contribution in [1.82, 2.24) is 0 Å². The van der Waals surface area contributed by atoms with Crippen LogP contribution in [0, 0.1) is 11.6 Å². The second-order valence-electron chi connectivity index (χ2n) is 6.00. The summed E-state index contributed by atoms with van der Waals surface area (Å²) in [5.41, 5.74) is 3.66. The summed E-state index contributed by atoms with van der Waals surface area (Å²) in [6.07, 6.45) is 3.83. The molecule has 0 radical (unpaired) electrons. The van der Waals surface area contributed by atoms with Gasteiger partial charge in [0.25, 0.3) is 0 Å². The Morgan fingerprint density at radius 1 is 1.19 bits per heavy atom. The third-order valence-corrected chi connectivity index (χ3v) is 5.23. The smallest absolute Gasteiger partial charge is 0.310 e. The van der Waals surface area contributed by atoms with Crippen molar-refractivity contribution < 1.29 is 18.3 Å². The van der Waals surface area contributed by atoms with Crippen LogP contribution in [0.25, 0.3) is 17.2 Å². The number of ether oxygens (including phenoxy) is 1. The third-order valence-electron chi connectivity index (χ3n) is 4.48. The van der Waals surface area contributed by atoms with Gasteiger partial charge in [-0.1, -0.05) is 12.1 Å². The molecule has 0 atom stereocenters. The molecule has 26 heavy (non-hydrogen) atoms. The van der Waals surface area contributed by atoms with Crippen molar-refractivity contribution in [1.29, 1.82) is 0 Å². The molecule has 1 aliphatic carbocycles. The Morgan fingerprint density at radius 3 is 2.50 bits per heavy atom. The molecule has 0 spiro atoms. The Morgan fingerprint density at radius 2 is 1.88 bits per heavy atom. The second-order valence-corrected chi connectivity index (χ2v) is 6.88. The number of rotatable bonds is 4. The first-order valence-electron chi connectivity index (χ1n) is 8.07. The molecule has 0 unspecified atom stereocenters. The van der Waals surface area contributed by atoms with E-state index in [4.69, 9.17) is 4.74 Å². The van der Waals surface area contributed by atoms with Crippen LogP contribution in [0.3, 0.4) is 0 Å². The summed E-state index contributed by atoms with van der Waals surface area (Å²) in [6, 6.07) is 10.0. The first-order valence-corrected chi connectivity index (χ1v) is 9.29. The lowest BCUT2D eigenvalue weighted by Gasteiger charge is -2.07. The van der Waals surface area contributed by atoms with Crippen molar-refractivity contribution in [2.24, 2.45) is 0 Å². The maximum Gasteiger partial charge on any atom is 0.310 e. The third kappa shape index (κ3) is 3.44.